The van der Waals surface area contributed by atoms with Crippen molar-refractivity contribution in [2.75, 3.05) is 31.6 Å². The standard InChI is InChI=1S/C14H23N3/c1-11-10-16(3)8-9-17(11)14-6-4-13(5-7-14)12(2)15/h4-7,11-12H,8-10,15H2,1-3H3/t11?,12-/m0/s1. The Morgan fingerprint density at radius 3 is 2.41 bits per heavy atom. The molecule has 1 aliphatic heterocycles. The van der Waals surface area contributed by atoms with Gasteiger partial charge in [0.05, 0.1) is 0 Å². The summed E-state index contributed by atoms with van der Waals surface area (Å²) in [7, 11) is 2.19. The molecule has 17 heavy (non-hydrogen) atoms. The van der Waals surface area contributed by atoms with Gasteiger partial charge < -0.3 is 15.5 Å². The molecule has 0 radical (unpaired) electrons. The summed E-state index contributed by atoms with van der Waals surface area (Å²) in [5, 5.41) is 0. The van der Waals surface area contributed by atoms with Gasteiger partial charge in [0.15, 0.2) is 0 Å². The van der Waals surface area contributed by atoms with Crippen molar-refractivity contribution in [2.24, 2.45) is 5.73 Å². The lowest BCUT2D eigenvalue weighted by molar-refractivity contribution is 0.275. The second kappa shape index (κ2) is 5.07. The highest BCUT2D eigenvalue weighted by atomic mass is 15.3. The molecule has 1 saturated heterocycles. The second-order valence-corrected chi connectivity index (χ2v) is 5.18. The number of likely N-dealkylation sites (N-methyl/N-ethyl adjacent to an activating group) is 1. The molecule has 1 aromatic carbocycles. The molecule has 3 heteroatoms. The highest BCUT2D eigenvalue weighted by molar-refractivity contribution is 5.49. The maximum atomic E-state index is 5.87. The van der Waals surface area contributed by atoms with Crippen molar-refractivity contribution in [2.45, 2.75) is 25.9 Å². The zero-order valence-electron chi connectivity index (χ0n) is 11.1. The number of nitrogens with two attached hydrogens (primary N) is 1. The molecule has 2 N–H and O–H groups in total. The van der Waals surface area contributed by atoms with E-state index >= 15 is 0 Å². The van der Waals surface area contributed by atoms with Gasteiger partial charge >= 0.3 is 0 Å². The van der Waals surface area contributed by atoms with Crippen LogP contribution in [-0.2, 0) is 0 Å². The maximum Gasteiger partial charge on any atom is 0.0389 e. The summed E-state index contributed by atoms with van der Waals surface area (Å²) in [5.41, 5.74) is 8.39. The Balaban J connectivity index is 2.11. The molecule has 0 aromatic heterocycles. The Morgan fingerprint density at radius 1 is 1.24 bits per heavy atom. The van der Waals surface area contributed by atoms with E-state index in [0.717, 1.165) is 19.6 Å². The number of piperazine rings is 1. The van der Waals surface area contributed by atoms with Crippen LogP contribution in [0.5, 0.6) is 0 Å². The fraction of sp³-hybridized carbons (Fsp3) is 0.571. The summed E-state index contributed by atoms with van der Waals surface area (Å²) >= 11 is 0. The molecular formula is C14H23N3. The molecule has 1 aromatic rings. The number of hydrogen-bond donors (Lipinski definition) is 1. The van der Waals surface area contributed by atoms with E-state index in [9.17, 15) is 0 Å². The zero-order chi connectivity index (χ0) is 12.4. The van der Waals surface area contributed by atoms with E-state index in [0.29, 0.717) is 6.04 Å². The summed E-state index contributed by atoms with van der Waals surface area (Å²) < 4.78 is 0. The molecule has 1 unspecified atom stereocenters. The minimum Gasteiger partial charge on any atom is -0.366 e. The van der Waals surface area contributed by atoms with E-state index in [2.05, 4.69) is 48.0 Å². The first kappa shape index (κ1) is 12.4. The summed E-state index contributed by atoms with van der Waals surface area (Å²) in [4.78, 5) is 4.86. The van der Waals surface area contributed by atoms with E-state index in [4.69, 9.17) is 5.73 Å². The Bertz CT molecular complexity index is 358. The molecule has 2 rings (SSSR count). The van der Waals surface area contributed by atoms with E-state index in [-0.39, 0.29) is 6.04 Å². The van der Waals surface area contributed by atoms with Gasteiger partial charge in [0.1, 0.15) is 0 Å². The molecule has 0 spiro atoms. The van der Waals surface area contributed by atoms with Crippen molar-refractivity contribution in [3.05, 3.63) is 29.8 Å². The van der Waals surface area contributed by atoms with Gasteiger partial charge in [0, 0.05) is 37.4 Å². The molecule has 0 aliphatic carbocycles. The van der Waals surface area contributed by atoms with Gasteiger partial charge in [-0.25, -0.2) is 0 Å². The predicted octanol–water partition coefficient (Wildman–Crippen LogP) is 1.85. The fourth-order valence-corrected chi connectivity index (χ4v) is 2.49. The molecule has 94 valence electrons. The second-order valence-electron chi connectivity index (χ2n) is 5.18. The van der Waals surface area contributed by atoms with Crippen LogP contribution in [-0.4, -0.2) is 37.6 Å². The van der Waals surface area contributed by atoms with Crippen molar-refractivity contribution < 1.29 is 0 Å². The van der Waals surface area contributed by atoms with Crippen LogP contribution in [0.4, 0.5) is 5.69 Å². The molecule has 0 amide bonds. The van der Waals surface area contributed by atoms with Gasteiger partial charge in [-0.1, -0.05) is 12.1 Å². The highest BCUT2D eigenvalue weighted by Crippen LogP contribution is 2.22. The zero-order valence-corrected chi connectivity index (χ0v) is 11.1. The minimum absolute atomic E-state index is 0.119. The molecule has 1 heterocycles. The summed E-state index contributed by atoms with van der Waals surface area (Å²) in [6.45, 7) is 7.69. The van der Waals surface area contributed by atoms with Crippen LogP contribution in [0.25, 0.3) is 0 Å². The normalized spacial score (nSPS) is 23.8. The smallest absolute Gasteiger partial charge is 0.0389 e. The Morgan fingerprint density at radius 2 is 1.88 bits per heavy atom. The van der Waals surface area contributed by atoms with Crippen molar-refractivity contribution in [3.8, 4) is 0 Å². The first-order valence-electron chi connectivity index (χ1n) is 6.38. The third kappa shape index (κ3) is 2.79. The van der Waals surface area contributed by atoms with E-state index in [1.54, 1.807) is 0 Å². The van der Waals surface area contributed by atoms with Crippen LogP contribution >= 0.6 is 0 Å². The highest BCUT2D eigenvalue weighted by Gasteiger charge is 2.21. The maximum absolute atomic E-state index is 5.87. The molecule has 2 atom stereocenters. The Hall–Kier alpha value is -1.06. The fourth-order valence-electron chi connectivity index (χ4n) is 2.49. The number of benzene rings is 1. The molecule has 1 aliphatic rings. The monoisotopic (exact) mass is 233 g/mol. The third-order valence-corrected chi connectivity index (χ3v) is 3.58. The van der Waals surface area contributed by atoms with Crippen molar-refractivity contribution in [3.63, 3.8) is 0 Å². The van der Waals surface area contributed by atoms with Crippen LogP contribution in [0.15, 0.2) is 24.3 Å². The van der Waals surface area contributed by atoms with Crippen molar-refractivity contribution in [1.29, 1.82) is 0 Å². The minimum atomic E-state index is 0.119. The average molecular weight is 233 g/mol. The van der Waals surface area contributed by atoms with Gasteiger partial charge in [-0.2, -0.15) is 0 Å². The largest absolute Gasteiger partial charge is 0.366 e. The van der Waals surface area contributed by atoms with Crippen LogP contribution in [0.3, 0.4) is 0 Å². The van der Waals surface area contributed by atoms with Crippen molar-refractivity contribution in [1.82, 2.24) is 4.90 Å². The van der Waals surface area contributed by atoms with Crippen LogP contribution < -0.4 is 10.6 Å². The van der Waals surface area contributed by atoms with Gasteiger partial charge in [0.25, 0.3) is 0 Å². The Kier molecular flexibility index (Phi) is 3.69. The van der Waals surface area contributed by atoms with Gasteiger partial charge in [0.2, 0.25) is 0 Å². The van der Waals surface area contributed by atoms with Crippen LogP contribution in [0, 0.1) is 0 Å². The van der Waals surface area contributed by atoms with E-state index in [1.807, 2.05) is 6.92 Å². The van der Waals surface area contributed by atoms with Crippen LogP contribution in [0.1, 0.15) is 25.5 Å². The number of hydrogen-bond acceptors (Lipinski definition) is 3. The lowest BCUT2D eigenvalue weighted by atomic mass is 10.1. The Labute approximate surface area is 104 Å². The van der Waals surface area contributed by atoms with E-state index < -0.39 is 0 Å². The summed E-state index contributed by atoms with van der Waals surface area (Å²) in [6, 6.07) is 9.38. The molecule has 3 nitrogen and oxygen atoms in total. The predicted molar refractivity (Wildman–Crippen MR) is 73.3 cm³/mol. The average Bonchev–Trinajstić information content (AvgIpc) is 2.29. The first-order chi connectivity index (χ1) is 8.08. The SMILES string of the molecule is CC1CN(C)CCN1c1ccc([C@H](C)N)cc1. The van der Waals surface area contributed by atoms with Gasteiger partial charge in [-0.3, -0.25) is 0 Å². The van der Waals surface area contributed by atoms with Gasteiger partial charge in [-0.15, -0.1) is 0 Å². The number of nitrogens with zero attached hydrogens (tertiary/aromatic N) is 2. The molecule has 1 fully saturated rings. The summed E-state index contributed by atoms with van der Waals surface area (Å²) in [5.74, 6) is 0. The van der Waals surface area contributed by atoms with E-state index in [1.165, 1.54) is 11.3 Å². The first-order valence-corrected chi connectivity index (χ1v) is 6.38. The molecule has 0 bridgehead atoms. The lowest BCUT2D eigenvalue weighted by Crippen LogP contribution is -2.50. The summed E-state index contributed by atoms with van der Waals surface area (Å²) in [6.07, 6.45) is 0. The number of rotatable bonds is 2. The van der Waals surface area contributed by atoms with Gasteiger partial charge in [-0.05, 0) is 38.6 Å². The number of anilines is 1. The lowest BCUT2D eigenvalue weighted by Gasteiger charge is -2.39. The van der Waals surface area contributed by atoms with Crippen molar-refractivity contribution >= 4 is 5.69 Å². The van der Waals surface area contributed by atoms with Crippen LogP contribution in [0.2, 0.25) is 0 Å². The topological polar surface area (TPSA) is 32.5 Å². The third-order valence-electron chi connectivity index (χ3n) is 3.58. The molecular weight excluding hydrogens is 210 g/mol. The quantitative estimate of drug-likeness (QED) is 0.846. The molecule has 0 saturated carbocycles.